The Bertz CT molecular complexity index is 640. The first-order valence-corrected chi connectivity index (χ1v) is 8.12. The average Bonchev–Trinajstić information content (AvgIpc) is 2.55. The van der Waals surface area contributed by atoms with E-state index in [0.717, 1.165) is 22.3 Å². The Hall–Kier alpha value is -1.81. The fourth-order valence-corrected chi connectivity index (χ4v) is 2.63. The number of amides is 1. The van der Waals surface area contributed by atoms with Crippen LogP contribution in [0.5, 0.6) is 0 Å². The van der Waals surface area contributed by atoms with Gasteiger partial charge in [-0.2, -0.15) is 0 Å². The number of anilines is 1. The van der Waals surface area contributed by atoms with Crippen LogP contribution in [0.3, 0.4) is 0 Å². The van der Waals surface area contributed by atoms with Crippen molar-refractivity contribution in [3.8, 4) is 0 Å². The minimum atomic E-state index is 0.0291. The molecule has 22 heavy (non-hydrogen) atoms. The Morgan fingerprint density at radius 3 is 2.27 bits per heavy atom. The van der Waals surface area contributed by atoms with Crippen LogP contribution in [0.4, 0.5) is 5.69 Å². The molecule has 2 rings (SSSR count). The van der Waals surface area contributed by atoms with E-state index in [1.807, 2.05) is 62.6 Å². The smallest absolute Gasteiger partial charge is 0.253 e. The lowest BCUT2D eigenvalue weighted by Crippen LogP contribution is -2.26. The van der Waals surface area contributed by atoms with Gasteiger partial charge in [-0.05, 0) is 42.8 Å². The number of nitrogens with zero attached hydrogens (tertiary/aromatic N) is 2. The Morgan fingerprint density at radius 1 is 1.05 bits per heavy atom. The molecule has 3 nitrogen and oxygen atoms in total. The van der Waals surface area contributed by atoms with Gasteiger partial charge in [-0.15, -0.1) is 0 Å². The first-order valence-electron chi connectivity index (χ1n) is 7.33. The molecule has 0 fully saturated rings. The van der Waals surface area contributed by atoms with E-state index in [-0.39, 0.29) is 5.91 Å². The van der Waals surface area contributed by atoms with Crippen molar-refractivity contribution >= 4 is 27.5 Å². The largest absolute Gasteiger partial charge is 0.375 e. The third kappa shape index (κ3) is 3.89. The monoisotopic (exact) mass is 360 g/mol. The highest BCUT2D eigenvalue weighted by atomic mass is 79.9. The van der Waals surface area contributed by atoms with Crippen LogP contribution < -0.4 is 4.90 Å². The SMILES string of the molecule is CCN(C)c1ccc(C(=O)N(C)Cc2ccccc2Br)cc1. The van der Waals surface area contributed by atoms with Crippen LogP contribution in [-0.2, 0) is 6.54 Å². The number of hydrogen-bond acceptors (Lipinski definition) is 2. The van der Waals surface area contributed by atoms with E-state index >= 15 is 0 Å². The highest BCUT2D eigenvalue weighted by molar-refractivity contribution is 9.10. The molecule has 0 atom stereocenters. The van der Waals surface area contributed by atoms with Gasteiger partial charge in [-0.25, -0.2) is 0 Å². The molecule has 0 aliphatic heterocycles. The van der Waals surface area contributed by atoms with Gasteiger partial charge in [0.1, 0.15) is 0 Å². The van der Waals surface area contributed by atoms with Gasteiger partial charge in [0.25, 0.3) is 5.91 Å². The number of carbonyl (C=O) groups excluding carboxylic acids is 1. The van der Waals surface area contributed by atoms with Crippen LogP contribution in [0.2, 0.25) is 0 Å². The molecule has 0 saturated heterocycles. The standard InChI is InChI=1S/C18H21BrN2O/c1-4-20(2)16-11-9-14(10-12-16)18(22)21(3)13-15-7-5-6-8-17(15)19/h5-12H,4,13H2,1-3H3. The van der Waals surface area contributed by atoms with Crippen molar-refractivity contribution in [1.29, 1.82) is 0 Å². The van der Waals surface area contributed by atoms with Crippen molar-refractivity contribution in [2.75, 3.05) is 25.5 Å². The van der Waals surface area contributed by atoms with Crippen LogP contribution in [0.1, 0.15) is 22.8 Å². The van der Waals surface area contributed by atoms with Gasteiger partial charge < -0.3 is 9.80 Å². The molecule has 1 amide bonds. The average molecular weight is 361 g/mol. The first kappa shape index (κ1) is 16.6. The molecule has 4 heteroatoms. The Kier molecular flexibility index (Phi) is 5.61. The zero-order valence-corrected chi connectivity index (χ0v) is 14.8. The summed E-state index contributed by atoms with van der Waals surface area (Å²) in [7, 11) is 3.86. The van der Waals surface area contributed by atoms with Crippen LogP contribution in [0, 0.1) is 0 Å². The summed E-state index contributed by atoms with van der Waals surface area (Å²) in [5.74, 6) is 0.0291. The Balaban J connectivity index is 2.09. The van der Waals surface area contributed by atoms with Gasteiger partial charge >= 0.3 is 0 Å². The van der Waals surface area contributed by atoms with Gasteiger partial charge in [-0.1, -0.05) is 34.1 Å². The molecule has 0 radical (unpaired) electrons. The fraction of sp³-hybridized carbons (Fsp3) is 0.278. The molecule has 0 N–H and O–H groups in total. The molecule has 0 saturated carbocycles. The van der Waals surface area contributed by atoms with Gasteiger partial charge in [-0.3, -0.25) is 4.79 Å². The minimum Gasteiger partial charge on any atom is -0.375 e. The van der Waals surface area contributed by atoms with Crippen LogP contribution >= 0.6 is 15.9 Å². The summed E-state index contributed by atoms with van der Waals surface area (Å²) in [5, 5.41) is 0. The molecule has 0 aromatic heterocycles. The first-order chi connectivity index (χ1) is 10.5. The number of rotatable bonds is 5. The second kappa shape index (κ2) is 7.45. The predicted octanol–water partition coefficient (Wildman–Crippen LogP) is 4.18. The van der Waals surface area contributed by atoms with Gasteiger partial charge in [0.15, 0.2) is 0 Å². The molecular weight excluding hydrogens is 340 g/mol. The third-order valence-corrected chi connectivity index (χ3v) is 4.52. The molecule has 2 aromatic carbocycles. The molecule has 0 aliphatic rings. The van der Waals surface area contributed by atoms with Crippen molar-refractivity contribution in [2.45, 2.75) is 13.5 Å². The number of carbonyl (C=O) groups is 1. The highest BCUT2D eigenvalue weighted by Gasteiger charge is 2.13. The lowest BCUT2D eigenvalue weighted by Gasteiger charge is -2.20. The van der Waals surface area contributed by atoms with E-state index in [1.165, 1.54) is 0 Å². The van der Waals surface area contributed by atoms with Crippen molar-refractivity contribution in [3.05, 3.63) is 64.1 Å². The fourth-order valence-electron chi connectivity index (χ4n) is 2.22. The van der Waals surface area contributed by atoms with Gasteiger partial charge in [0.2, 0.25) is 0 Å². The molecule has 2 aromatic rings. The Morgan fingerprint density at radius 2 is 1.68 bits per heavy atom. The third-order valence-electron chi connectivity index (χ3n) is 3.74. The summed E-state index contributed by atoms with van der Waals surface area (Å²) in [6.45, 7) is 3.62. The van der Waals surface area contributed by atoms with Crippen molar-refractivity contribution in [2.24, 2.45) is 0 Å². The molecule has 0 heterocycles. The summed E-state index contributed by atoms with van der Waals surface area (Å²) in [5.41, 5.74) is 2.93. The second-order valence-electron chi connectivity index (χ2n) is 5.31. The molecule has 116 valence electrons. The molecule has 0 spiro atoms. The summed E-state index contributed by atoms with van der Waals surface area (Å²) in [6.07, 6.45) is 0. The van der Waals surface area contributed by atoms with Crippen LogP contribution in [0.25, 0.3) is 0 Å². The van der Waals surface area contributed by atoms with E-state index in [2.05, 4.69) is 27.8 Å². The molecular formula is C18H21BrN2O. The van der Waals surface area contributed by atoms with Crippen molar-refractivity contribution in [1.82, 2.24) is 4.90 Å². The van der Waals surface area contributed by atoms with Crippen molar-refractivity contribution < 1.29 is 4.79 Å². The maximum Gasteiger partial charge on any atom is 0.253 e. The lowest BCUT2D eigenvalue weighted by atomic mass is 10.1. The number of halogens is 1. The van der Waals surface area contributed by atoms with E-state index in [1.54, 1.807) is 4.90 Å². The van der Waals surface area contributed by atoms with E-state index in [4.69, 9.17) is 0 Å². The summed E-state index contributed by atoms with van der Waals surface area (Å²) in [6, 6.07) is 15.7. The van der Waals surface area contributed by atoms with E-state index in [0.29, 0.717) is 12.1 Å². The molecule has 0 aliphatic carbocycles. The summed E-state index contributed by atoms with van der Waals surface area (Å²) >= 11 is 3.52. The summed E-state index contributed by atoms with van der Waals surface area (Å²) < 4.78 is 1.02. The predicted molar refractivity (Wildman–Crippen MR) is 95.3 cm³/mol. The zero-order valence-electron chi connectivity index (χ0n) is 13.2. The van der Waals surface area contributed by atoms with E-state index in [9.17, 15) is 4.79 Å². The molecule has 0 bridgehead atoms. The molecule has 0 unspecified atom stereocenters. The maximum atomic E-state index is 12.5. The number of hydrogen-bond donors (Lipinski definition) is 0. The van der Waals surface area contributed by atoms with Gasteiger partial charge in [0.05, 0.1) is 0 Å². The topological polar surface area (TPSA) is 23.6 Å². The highest BCUT2D eigenvalue weighted by Crippen LogP contribution is 2.19. The minimum absolute atomic E-state index is 0.0291. The Labute approximate surface area is 140 Å². The number of benzene rings is 2. The lowest BCUT2D eigenvalue weighted by molar-refractivity contribution is 0.0785. The van der Waals surface area contributed by atoms with Gasteiger partial charge in [0, 0.05) is 42.9 Å². The quantitative estimate of drug-likeness (QED) is 0.798. The second-order valence-corrected chi connectivity index (χ2v) is 6.17. The normalized spacial score (nSPS) is 10.4. The maximum absolute atomic E-state index is 12.5. The van der Waals surface area contributed by atoms with Crippen LogP contribution in [-0.4, -0.2) is 31.4 Å². The zero-order chi connectivity index (χ0) is 16.1. The summed E-state index contributed by atoms with van der Waals surface area (Å²) in [4.78, 5) is 16.4. The van der Waals surface area contributed by atoms with E-state index < -0.39 is 0 Å². The van der Waals surface area contributed by atoms with Crippen LogP contribution in [0.15, 0.2) is 53.0 Å². The van der Waals surface area contributed by atoms with Crippen molar-refractivity contribution in [3.63, 3.8) is 0 Å².